The zero-order valence-corrected chi connectivity index (χ0v) is 16.4. The summed E-state index contributed by atoms with van der Waals surface area (Å²) in [6, 6.07) is 0. The fourth-order valence-electron chi connectivity index (χ4n) is 3.19. The van der Waals surface area contributed by atoms with E-state index in [0.29, 0.717) is 22.9 Å². The van der Waals surface area contributed by atoms with Gasteiger partial charge in [0, 0.05) is 20.6 Å². The second-order valence-electron chi connectivity index (χ2n) is 6.64. The number of likely N-dealkylation sites (N-methyl/N-ethyl adjacent to an activating group) is 1. The highest BCUT2D eigenvalue weighted by molar-refractivity contribution is 7.99. The molecule has 1 aliphatic heterocycles. The van der Waals surface area contributed by atoms with Crippen LogP contribution < -0.4 is 16.1 Å². The summed E-state index contributed by atoms with van der Waals surface area (Å²) in [6.07, 6.45) is 0. The first-order valence-electron chi connectivity index (χ1n) is 8.73. The maximum Gasteiger partial charge on any atom is 0.332 e. The molecule has 2 aromatic rings. The van der Waals surface area contributed by atoms with E-state index in [2.05, 4.69) is 12.0 Å². The van der Waals surface area contributed by atoms with Crippen LogP contribution in [0.25, 0.3) is 11.2 Å². The van der Waals surface area contributed by atoms with E-state index in [1.165, 1.54) is 28.3 Å². The maximum absolute atomic E-state index is 12.5. The minimum Gasteiger partial charge on any atom is -0.334 e. The summed E-state index contributed by atoms with van der Waals surface area (Å²) in [5, 5.41) is 0.592. The molecule has 1 saturated heterocycles. The Labute approximate surface area is 155 Å². The van der Waals surface area contributed by atoms with Crippen LogP contribution in [-0.2, 0) is 25.4 Å². The van der Waals surface area contributed by atoms with Crippen LogP contribution in [0.2, 0.25) is 0 Å². The number of imidazole rings is 1. The molecule has 3 rings (SSSR count). The highest BCUT2D eigenvalue weighted by atomic mass is 32.2. The molecule has 0 atom stereocenters. The lowest BCUT2D eigenvalue weighted by molar-refractivity contribution is -0.883. The van der Waals surface area contributed by atoms with Crippen LogP contribution in [0.1, 0.15) is 6.92 Å². The first kappa shape index (κ1) is 18.7. The fourth-order valence-corrected chi connectivity index (χ4v) is 4.15. The van der Waals surface area contributed by atoms with Crippen LogP contribution in [0.3, 0.4) is 0 Å². The number of aryl methyl sites for hydroxylation is 2. The van der Waals surface area contributed by atoms with Crippen molar-refractivity contribution in [2.24, 2.45) is 14.1 Å². The third-order valence-corrected chi connectivity index (χ3v) is 5.88. The number of thioether (sulfide) groups is 1. The van der Waals surface area contributed by atoms with Crippen molar-refractivity contribution in [2.75, 3.05) is 39.0 Å². The molecule has 10 heteroatoms. The van der Waals surface area contributed by atoms with Gasteiger partial charge in [0.25, 0.3) is 5.56 Å². The van der Waals surface area contributed by atoms with Crippen molar-refractivity contribution in [2.45, 2.75) is 18.6 Å². The first-order chi connectivity index (χ1) is 12.3. The summed E-state index contributed by atoms with van der Waals surface area (Å²) in [7, 11) is 5.19. The zero-order valence-electron chi connectivity index (χ0n) is 15.6. The number of hydrogen-bond donors (Lipinski definition) is 1. The van der Waals surface area contributed by atoms with Gasteiger partial charge in [-0.1, -0.05) is 11.8 Å². The molecular weight excluding hydrogens is 356 g/mol. The zero-order chi connectivity index (χ0) is 19.0. The molecule has 142 valence electrons. The third-order valence-electron chi connectivity index (χ3n) is 4.92. The molecular formula is C16H25N6O3S+. The van der Waals surface area contributed by atoms with Crippen molar-refractivity contribution < 1.29 is 9.69 Å². The van der Waals surface area contributed by atoms with E-state index in [-0.39, 0.29) is 17.2 Å². The molecule has 26 heavy (non-hydrogen) atoms. The number of carbonyl (C=O) groups is 1. The van der Waals surface area contributed by atoms with Gasteiger partial charge < -0.3 is 14.4 Å². The smallest absolute Gasteiger partial charge is 0.332 e. The number of fused-ring (bicyclic) bond motifs is 1. The van der Waals surface area contributed by atoms with Gasteiger partial charge in [-0.05, 0) is 6.92 Å². The number of hydrogen-bond acceptors (Lipinski definition) is 5. The molecule has 0 aliphatic carbocycles. The normalized spacial score (nSPS) is 15.8. The van der Waals surface area contributed by atoms with Crippen molar-refractivity contribution in [3.05, 3.63) is 20.8 Å². The number of carbonyl (C=O) groups excluding carboxylic acids is 1. The van der Waals surface area contributed by atoms with Gasteiger partial charge in [-0.3, -0.25) is 18.7 Å². The van der Waals surface area contributed by atoms with E-state index in [1.54, 1.807) is 11.6 Å². The molecule has 0 radical (unpaired) electrons. The van der Waals surface area contributed by atoms with Crippen LogP contribution in [-0.4, -0.2) is 68.5 Å². The van der Waals surface area contributed by atoms with Gasteiger partial charge in [-0.2, -0.15) is 0 Å². The number of piperazine rings is 1. The van der Waals surface area contributed by atoms with Crippen molar-refractivity contribution in [1.29, 1.82) is 0 Å². The minimum absolute atomic E-state index is 0.0824. The summed E-state index contributed by atoms with van der Waals surface area (Å²) in [5.74, 6) is 0.357. The van der Waals surface area contributed by atoms with Crippen LogP contribution in [0.15, 0.2) is 14.7 Å². The summed E-state index contributed by atoms with van der Waals surface area (Å²) in [5.41, 5.74) is -0.0122. The molecule has 0 unspecified atom stereocenters. The van der Waals surface area contributed by atoms with Crippen LogP contribution >= 0.6 is 11.8 Å². The Bertz CT molecular complexity index is 952. The SMILES string of the molecule is CCn1c(SCC(=O)N2CC[NH+](C)CC2)nc2c1c(=O)n(C)c(=O)n2C. The van der Waals surface area contributed by atoms with Gasteiger partial charge in [-0.15, -0.1) is 0 Å². The molecule has 1 N–H and O–H groups in total. The maximum atomic E-state index is 12.5. The summed E-state index contributed by atoms with van der Waals surface area (Å²) in [4.78, 5) is 44.9. The Morgan fingerprint density at radius 3 is 2.46 bits per heavy atom. The van der Waals surface area contributed by atoms with E-state index in [0.717, 1.165) is 30.7 Å². The Balaban J connectivity index is 1.88. The van der Waals surface area contributed by atoms with Crippen molar-refractivity contribution in [3.8, 4) is 0 Å². The van der Waals surface area contributed by atoms with E-state index in [4.69, 9.17) is 0 Å². The Morgan fingerprint density at radius 1 is 1.19 bits per heavy atom. The van der Waals surface area contributed by atoms with Crippen LogP contribution in [0, 0.1) is 0 Å². The number of aromatic nitrogens is 4. The molecule has 3 heterocycles. The number of nitrogens with one attached hydrogen (secondary N) is 1. The van der Waals surface area contributed by atoms with Crippen molar-refractivity contribution in [1.82, 2.24) is 23.6 Å². The fraction of sp³-hybridized carbons (Fsp3) is 0.625. The van der Waals surface area contributed by atoms with Gasteiger partial charge in [0.1, 0.15) is 0 Å². The molecule has 9 nitrogen and oxygen atoms in total. The minimum atomic E-state index is -0.407. The second-order valence-corrected chi connectivity index (χ2v) is 7.59. The summed E-state index contributed by atoms with van der Waals surface area (Å²) < 4.78 is 4.24. The van der Waals surface area contributed by atoms with Crippen LogP contribution in [0.5, 0.6) is 0 Å². The number of nitrogens with zero attached hydrogens (tertiary/aromatic N) is 5. The van der Waals surface area contributed by atoms with Gasteiger partial charge >= 0.3 is 5.69 Å². The number of rotatable bonds is 4. The highest BCUT2D eigenvalue weighted by Crippen LogP contribution is 2.21. The van der Waals surface area contributed by atoms with E-state index >= 15 is 0 Å². The Kier molecular flexibility index (Phi) is 5.24. The molecule has 0 aromatic carbocycles. The van der Waals surface area contributed by atoms with Gasteiger partial charge in [-0.25, -0.2) is 9.78 Å². The molecule has 0 spiro atoms. The molecule has 1 fully saturated rings. The van der Waals surface area contributed by atoms with E-state index in [1.807, 2.05) is 11.8 Å². The lowest BCUT2D eigenvalue weighted by atomic mass is 10.3. The van der Waals surface area contributed by atoms with Crippen molar-refractivity contribution >= 4 is 28.8 Å². The summed E-state index contributed by atoms with van der Waals surface area (Å²) >= 11 is 1.32. The topological polar surface area (TPSA) is 86.6 Å². The standard InChI is InChI=1S/C16H24N6O3S/c1-5-22-12-13(19(3)16(25)20(4)14(12)24)17-15(22)26-10-11(23)21-8-6-18(2)7-9-21/h5-10H2,1-4H3/p+1. The highest BCUT2D eigenvalue weighted by Gasteiger charge is 2.23. The Hall–Kier alpha value is -2.07. The van der Waals surface area contributed by atoms with E-state index in [9.17, 15) is 14.4 Å². The van der Waals surface area contributed by atoms with Gasteiger partial charge in [0.15, 0.2) is 16.3 Å². The average molecular weight is 381 g/mol. The van der Waals surface area contributed by atoms with Crippen LogP contribution in [0.4, 0.5) is 0 Å². The molecule has 2 aromatic heterocycles. The number of amides is 1. The lowest BCUT2D eigenvalue weighted by Gasteiger charge is -2.29. The molecule has 0 bridgehead atoms. The predicted molar refractivity (Wildman–Crippen MR) is 99.8 cm³/mol. The average Bonchev–Trinajstić information content (AvgIpc) is 3.02. The quantitative estimate of drug-likeness (QED) is 0.614. The predicted octanol–water partition coefficient (Wildman–Crippen LogP) is -2.10. The van der Waals surface area contributed by atoms with Gasteiger partial charge in [0.2, 0.25) is 5.91 Å². The van der Waals surface area contributed by atoms with Crippen molar-refractivity contribution in [3.63, 3.8) is 0 Å². The van der Waals surface area contributed by atoms with E-state index < -0.39 is 5.69 Å². The largest absolute Gasteiger partial charge is 0.334 e. The Morgan fingerprint density at radius 2 is 1.85 bits per heavy atom. The first-order valence-corrected chi connectivity index (χ1v) is 9.71. The number of quaternary nitrogens is 1. The molecule has 1 amide bonds. The lowest BCUT2D eigenvalue weighted by Crippen LogP contribution is -3.12. The third kappa shape index (κ3) is 3.18. The van der Waals surface area contributed by atoms with Gasteiger partial charge in [0.05, 0.1) is 39.0 Å². The second kappa shape index (κ2) is 7.28. The summed E-state index contributed by atoms with van der Waals surface area (Å²) in [6.45, 7) is 5.91. The molecule has 1 aliphatic rings. The monoisotopic (exact) mass is 381 g/mol. The molecule has 0 saturated carbocycles.